The third-order valence-corrected chi connectivity index (χ3v) is 3.65. The third kappa shape index (κ3) is 3.33. The minimum atomic E-state index is 0.260. The molecule has 3 nitrogen and oxygen atoms in total. The summed E-state index contributed by atoms with van der Waals surface area (Å²) in [7, 11) is 2.20. The second-order valence-electron chi connectivity index (χ2n) is 5.88. The van der Waals surface area contributed by atoms with Crippen molar-refractivity contribution in [2.45, 2.75) is 51.7 Å². The van der Waals surface area contributed by atoms with Gasteiger partial charge in [-0.15, -0.1) is 0 Å². The van der Waals surface area contributed by atoms with Crippen LogP contribution in [-0.4, -0.2) is 30.1 Å². The van der Waals surface area contributed by atoms with Gasteiger partial charge in [0.25, 0.3) is 0 Å². The average Bonchev–Trinajstić information content (AvgIpc) is 2.62. The number of aryl methyl sites for hydroxylation is 1. The van der Waals surface area contributed by atoms with Gasteiger partial charge >= 0.3 is 0 Å². The lowest BCUT2D eigenvalue weighted by Gasteiger charge is -2.40. The topological polar surface area (TPSA) is 28.4 Å². The molecule has 17 heavy (non-hydrogen) atoms. The van der Waals surface area contributed by atoms with Gasteiger partial charge in [0.05, 0.1) is 6.54 Å². The van der Waals surface area contributed by atoms with Crippen LogP contribution in [0.1, 0.15) is 38.2 Å². The molecule has 0 saturated carbocycles. The van der Waals surface area contributed by atoms with Gasteiger partial charge in [-0.05, 0) is 59.3 Å². The molecule has 3 heteroatoms. The van der Waals surface area contributed by atoms with Crippen LogP contribution in [0, 0.1) is 6.92 Å². The number of rotatable bonds is 3. The van der Waals surface area contributed by atoms with E-state index in [4.69, 9.17) is 4.42 Å². The molecule has 1 aliphatic rings. The second kappa shape index (κ2) is 4.83. The molecular formula is C14H24N2O. The number of piperidine rings is 1. The molecule has 1 saturated heterocycles. The van der Waals surface area contributed by atoms with Crippen molar-refractivity contribution < 1.29 is 4.42 Å². The Bertz CT molecular complexity index is 370. The number of hydrogen-bond acceptors (Lipinski definition) is 3. The first kappa shape index (κ1) is 12.7. The van der Waals surface area contributed by atoms with Crippen LogP contribution < -0.4 is 5.32 Å². The number of hydrogen-bond donors (Lipinski definition) is 1. The lowest BCUT2D eigenvalue weighted by Crippen LogP contribution is -2.52. The molecule has 2 rings (SSSR count). The van der Waals surface area contributed by atoms with Gasteiger partial charge in [-0.25, -0.2) is 0 Å². The zero-order valence-corrected chi connectivity index (χ0v) is 11.4. The molecule has 1 aliphatic heterocycles. The predicted molar refractivity (Wildman–Crippen MR) is 70.0 cm³/mol. The zero-order valence-electron chi connectivity index (χ0n) is 11.4. The molecule has 0 amide bonds. The van der Waals surface area contributed by atoms with E-state index in [1.165, 1.54) is 12.8 Å². The van der Waals surface area contributed by atoms with Gasteiger partial charge in [-0.3, -0.25) is 4.90 Å². The highest BCUT2D eigenvalue weighted by atomic mass is 16.3. The van der Waals surface area contributed by atoms with Crippen molar-refractivity contribution in [3.63, 3.8) is 0 Å². The smallest absolute Gasteiger partial charge is 0.118 e. The summed E-state index contributed by atoms with van der Waals surface area (Å²) in [5.74, 6) is 2.07. The van der Waals surface area contributed by atoms with Crippen LogP contribution in [0.5, 0.6) is 0 Å². The van der Waals surface area contributed by atoms with Gasteiger partial charge < -0.3 is 9.73 Å². The van der Waals surface area contributed by atoms with E-state index in [-0.39, 0.29) is 5.54 Å². The van der Waals surface area contributed by atoms with Crippen molar-refractivity contribution in [1.29, 1.82) is 0 Å². The van der Waals surface area contributed by atoms with E-state index < -0.39 is 0 Å². The fourth-order valence-electron chi connectivity index (χ4n) is 2.66. The van der Waals surface area contributed by atoms with Gasteiger partial charge in [0.15, 0.2) is 0 Å². The van der Waals surface area contributed by atoms with Crippen LogP contribution in [0.4, 0.5) is 0 Å². The summed E-state index contributed by atoms with van der Waals surface area (Å²) >= 11 is 0. The third-order valence-electron chi connectivity index (χ3n) is 3.65. The largest absolute Gasteiger partial charge is 0.465 e. The van der Waals surface area contributed by atoms with Gasteiger partial charge in [0.2, 0.25) is 0 Å². The Balaban J connectivity index is 1.93. The van der Waals surface area contributed by atoms with Crippen LogP contribution in [0.2, 0.25) is 0 Å². The lowest BCUT2D eigenvalue weighted by atomic mass is 9.88. The standard InChI is InChI=1S/C14H24N2O/c1-11-5-6-13(17-11)10-16(4)12-7-8-15-14(2,3)9-12/h5-6,12,15H,7-10H2,1-4H3. The molecule has 0 radical (unpaired) electrons. The molecular weight excluding hydrogens is 212 g/mol. The van der Waals surface area contributed by atoms with Crippen molar-refractivity contribution in [1.82, 2.24) is 10.2 Å². The number of nitrogens with zero attached hydrogens (tertiary/aromatic N) is 1. The minimum Gasteiger partial charge on any atom is -0.465 e. The fraction of sp³-hybridized carbons (Fsp3) is 0.714. The lowest BCUT2D eigenvalue weighted by molar-refractivity contribution is 0.131. The van der Waals surface area contributed by atoms with Crippen molar-refractivity contribution in [2.24, 2.45) is 0 Å². The van der Waals surface area contributed by atoms with E-state index in [1.54, 1.807) is 0 Å². The fourth-order valence-corrected chi connectivity index (χ4v) is 2.66. The molecule has 1 unspecified atom stereocenters. The van der Waals surface area contributed by atoms with E-state index in [0.717, 1.165) is 24.6 Å². The number of furan rings is 1. The highest BCUT2D eigenvalue weighted by Gasteiger charge is 2.29. The van der Waals surface area contributed by atoms with Crippen molar-refractivity contribution >= 4 is 0 Å². The Labute approximate surface area is 104 Å². The summed E-state index contributed by atoms with van der Waals surface area (Å²) in [6.07, 6.45) is 2.42. The number of nitrogens with one attached hydrogen (secondary N) is 1. The van der Waals surface area contributed by atoms with Crippen molar-refractivity contribution in [3.05, 3.63) is 23.7 Å². The Hall–Kier alpha value is -0.800. The Morgan fingerprint density at radius 3 is 2.82 bits per heavy atom. The molecule has 1 fully saturated rings. The maximum Gasteiger partial charge on any atom is 0.118 e. The van der Waals surface area contributed by atoms with Crippen LogP contribution in [0.25, 0.3) is 0 Å². The molecule has 1 aromatic rings. The molecule has 0 spiro atoms. The molecule has 1 aromatic heterocycles. The molecule has 0 bridgehead atoms. The highest BCUT2D eigenvalue weighted by Crippen LogP contribution is 2.23. The Morgan fingerprint density at radius 1 is 1.47 bits per heavy atom. The monoisotopic (exact) mass is 236 g/mol. The van der Waals surface area contributed by atoms with E-state index in [0.29, 0.717) is 6.04 Å². The van der Waals surface area contributed by atoms with Gasteiger partial charge in [0.1, 0.15) is 11.5 Å². The molecule has 1 N–H and O–H groups in total. The second-order valence-corrected chi connectivity index (χ2v) is 5.88. The Kier molecular flexibility index (Phi) is 3.59. The SMILES string of the molecule is Cc1ccc(CN(C)C2CCNC(C)(C)C2)o1. The Morgan fingerprint density at radius 2 is 2.24 bits per heavy atom. The summed E-state index contributed by atoms with van der Waals surface area (Å²) in [6, 6.07) is 4.77. The first-order chi connectivity index (χ1) is 7.96. The maximum atomic E-state index is 5.64. The normalized spacial score (nSPS) is 24.2. The highest BCUT2D eigenvalue weighted by molar-refractivity contribution is 5.05. The summed E-state index contributed by atoms with van der Waals surface area (Å²) < 4.78 is 5.64. The maximum absolute atomic E-state index is 5.64. The predicted octanol–water partition coefficient (Wildman–Crippen LogP) is 2.55. The summed E-state index contributed by atoms with van der Waals surface area (Å²) in [6.45, 7) is 8.58. The van der Waals surface area contributed by atoms with Crippen molar-refractivity contribution in [3.8, 4) is 0 Å². The van der Waals surface area contributed by atoms with E-state index in [9.17, 15) is 0 Å². The van der Waals surface area contributed by atoms with Crippen LogP contribution in [-0.2, 0) is 6.54 Å². The van der Waals surface area contributed by atoms with E-state index in [2.05, 4.69) is 37.2 Å². The van der Waals surface area contributed by atoms with Gasteiger partial charge in [-0.2, -0.15) is 0 Å². The molecule has 0 aliphatic carbocycles. The quantitative estimate of drug-likeness (QED) is 0.874. The summed E-state index contributed by atoms with van der Waals surface area (Å²) in [4.78, 5) is 2.42. The van der Waals surface area contributed by atoms with Crippen LogP contribution in [0.15, 0.2) is 16.5 Å². The first-order valence-electron chi connectivity index (χ1n) is 6.47. The van der Waals surface area contributed by atoms with Gasteiger partial charge in [0, 0.05) is 11.6 Å². The van der Waals surface area contributed by atoms with Crippen LogP contribution >= 0.6 is 0 Å². The minimum absolute atomic E-state index is 0.260. The average molecular weight is 236 g/mol. The molecule has 1 atom stereocenters. The zero-order chi connectivity index (χ0) is 12.5. The van der Waals surface area contributed by atoms with Crippen LogP contribution in [0.3, 0.4) is 0 Å². The first-order valence-corrected chi connectivity index (χ1v) is 6.47. The molecule has 2 heterocycles. The molecule has 0 aromatic carbocycles. The van der Waals surface area contributed by atoms with E-state index in [1.807, 2.05) is 13.0 Å². The van der Waals surface area contributed by atoms with E-state index >= 15 is 0 Å². The van der Waals surface area contributed by atoms with Gasteiger partial charge in [-0.1, -0.05) is 0 Å². The van der Waals surface area contributed by atoms with Crippen molar-refractivity contribution in [2.75, 3.05) is 13.6 Å². The summed E-state index contributed by atoms with van der Waals surface area (Å²) in [5.41, 5.74) is 0.260. The molecule has 96 valence electrons. The summed E-state index contributed by atoms with van der Waals surface area (Å²) in [5, 5.41) is 3.56.